The number of amides is 1. The molecular weight excluding hydrogens is 402 g/mol. The first-order valence-electron chi connectivity index (χ1n) is 8.64. The summed E-state index contributed by atoms with van der Waals surface area (Å²) < 4.78 is 1.06. The lowest BCUT2D eigenvalue weighted by molar-refractivity contribution is 0.0584. The Morgan fingerprint density at radius 3 is 2.48 bits per heavy atom. The van der Waals surface area contributed by atoms with Gasteiger partial charge in [-0.25, -0.2) is 0 Å². The van der Waals surface area contributed by atoms with Crippen molar-refractivity contribution >= 4 is 45.0 Å². The van der Waals surface area contributed by atoms with E-state index in [-0.39, 0.29) is 18.3 Å². The zero-order valence-electron chi connectivity index (χ0n) is 14.1. The minimum atomic E-state index is 0. The quantitative estimate of drug-likeness (QED) is 0.804. The van der Waals surface area contributed by atoms with Crippen LogP contribution in [0.3, 0.4) is 0 Å². The number of benzene rings is 2. The first-order chi connectivity index (χ1) is 11.7. The van der Waals surface area contributed by atoms with E-state index in [4.69, 9.17) is 0 Å². The molecule has 0 saturated carbocycles. The molecule has 134 valence electrons. The average Bonchev–Trinajstić information content (AvgIpc) is 3.15. The van der Waals surface area contributed by atoms with Gasteiger partial charge in [0.15, 0.2) is 0 Å². The number of rotatable bonds is 2. The summed E-state index contributed by atoms with van der Waals surface area (Å²) in [6.45, 7) is 5.84. The molecule has 0 bridgehead atoms. The van der Waals surface area contributed by atoms with Gasteiger partial charge in [-0.1, -0.05) is 28.1 Å². The van der Waals surface area contributed by atoms with Crippen LogP contribution in [0.4, 0.5) is 0 Å². The van der Waals surface area contributed by atoms with Crippen molar-refractivity contribution in [2.45, 2.75) is 12.5 Å². The van der Waals surface area contributed by atoms with Gasteiger partial charge in [-0.3, -0.25) is 9.69 Å². The van der Waals surface area contributed by atoms with E-state index in [1.165, 1.54) is 6.42 Å². The molecule has 0 spiro atoms. The summed E-state index contributed by atoms with van der Waals surface area (Å²) in [6.07, 6.45) is 1.23. The van der Waals surface area contributed by atoms with Crippen LogP contribution in [0.5, 0.6) is 0 Å². The van der Waals surface area contributed by atoms with Crippen molar-refractivity contribution in [1.82, 2.24) is 15.1 Å². The SMILES string of the molecule is Cl.O=C(c1ccc2cc(Br)ccc2c1)N1CCN(C2CCNC2)CC1. The summed E-state index contributed by atoms with van der Waals surface area (Å²) in [5, 5.41) is 5.69. The zero-order valence-corrected chi connectivity index (χ0v) is 16.5. The molecule has 4 nitrogen and oxygen atoms in total. The lowest BCUT2D eigenvalue weighted by atomic mass is 10.1. The summed E-state index contributed by atoms with van der Waals surface area (Å²) in [5.41, 5.74) is 0.792. The van der Waals surface area contributed by atoms with Gasteiger partial charge in [-0.2, -0.15) is 0 Å². The van der Waals surface area contributed by atoms with Gasteiger partial charge in [0.1, 0.15) is 0 Å². The molecule has 1 unspecified atom stereocenters. The molecule has 2 aliphatic rings. The Morgan fingerprint density at radius 2 is 1.76 bits per heavy atom. The maximum atomic E-state index is 12.8. The number of carbonyl (C=O) groups excluding carboxylic acids is 1. The Labute approximate surface area is 163 Å². The van der Waals surface area contributed by atoms with Gasteiger partial charge in [-0.05, 0) is 48.0 Å². The molecule has 2 aliphatic heterocycles. The predicted octanol–water partition coefficient (Wildman–Crippen LogP) is 3.14. The van der Waals surface area contributed by atoms with Gasteiger partial charge in [0.25, 0.3) is 5.91 Å². The molecule has 4 rings (SSSR count). The Hall–Kier alpha value is -1.14. The van der Waals surface area contributed by atoms with E-state index in [1.807, 2.05) is 29.2 Å². The zero-order chi connectivity index (χ0) is 16.5. The molecule has 6 heteroatoms. The van der Waals surface area contributed by atoms with E-state index in [0.717, 1.165) is 60.1 Å². The van der Waals surface area contributed by atoms with Gasteiger partial charge in [-0.15, -0.1) is 12.4 Å². The first kappa shape index (κ1) is 18.6. The van der Waals surface area contributed by atoms with Crippen molar-refractivity contribution < 1.29 is 4.79 Å². The third kappa shape index (κ3) is 4.00. The van der Waals surface area contributed by atoms with Gasteiger partial charge in [0.2, 0.25) is 0 Å². The average molecular weight is 425 g/mol. The van der Waals surface area contributed by atoms with E-state index < -0.39 is 0 Å². The number of hydrogen-bond acceptors (Lipinski definition) is 3. The standard InChI is InChI=1S/C19H22BrN3O.ClH/c20-17-4-3-14-11-16(2-1-15(14)12-17)19(24)23-9-7-22(8-10-23)18-5-6-21-13-18;/h1-4,11-12,18,21H,5-10,13H2;1H. The molecule has 25 heavy (non-hydrogen) atoms. The van der Waals surface area contributed by atoms with Gasteiger partial charge >= 0.3 is 0 Å². The fourth-order valence-corrected chi connectivity index (χ4v) is 4.15. The Morgan fingerprint density at radius 1 is 1.04 bits per heavy atom. The number of halogens is 2. The third-order valence-electron chi connectivity index (χ3n) is 5.20. The second-order valence-corrected chi connectivity index (χ2v) is 7.60. The molecular formula is C19H23BrClN3O. The van der Waals surface area contributed by atoms with Crippen LogP contribution in [0.25, 0.3) is 10.8 Å². The summed E-state index contributed by atoms with van der Waals surface area (Å²) in [7, 11) is 0. The van der Waals surface area contributed by atoms with E-state index in [1.54, 1.807) is 0 Å². The van der Waals surface area contributed by atoms with Crippen LogP contribution in [0.2, 0.25) is 0 Å². The van der Waals surface area contributed by atoms with E-state index in [2.05, 4.69) is 38.3 Å². The molecule has 0 aromatic heterocycles. The van der Waals surface area contributed by atoms with Crippen molar-refractivity contribution in [2.24, 2.45) is 0 Å². The summed E-state index contributed by atoms with van der Waals surface area (Å²) >= 11 is 3.49. The number of carbonyl (C=O) groups is 1. The Bertz CT molecular complexity index is 755. The number of piperazine rings is 1. The van der Waals surface area contributed by atoms with Crippen LogP contribution in [0, 0.1) is 0 Å². The number of nitrogens with one attached hydrogen (secondary N) is 1. The molecule has 2 heterocycles. The summed E-state index contributed by atoms with van der Waals surface area (Å²) in [4.78, 5) is 17.4. The number of fused-ring (bicyclic) bond motifs is 1. The highest BCUT2D eigenvalue weighted by atomic mass is 79.9. The van der Waals surface area contributed by atoms with Crippen LogP contribution in [-0.4, -0.2) is 61.0 Å². The molecule has 1 atom stereocenters. The molecule has 1 N–H and O–H groups in total. The maximum absolute atomic E-state index is 12.8. The molecule has 2 saturated heterocycles. The molecule has 2 aromatic rings. The number of hydrogen-bond donors (Lipinski definition) is 1. The fourth-order valence-electron chi connectivity index (χ4n) is 3.77. The highest BCUT2D eigenvalue weighted by Gasteiger charge is 2.28. The van der Waals surface area contributed by atoms with E-state index >= 15 is 0 Å². The fraction of sp³-hybridized carbons (Fsp3) is 0.421. The first-order valence-corrected chi connectivity index (χ1v) is 9.43. The van der Waals surface area contributed by atoms with Crippen LogP contribution in [0.15, 0.2) is 40.9 Å². The number of nitrogens with zero attached hydrogens (tertiary/aromatic N) is 2. The Kier molecular flexibility index (Phi) is 6.00. The lowest BCUT2D eigenvalue weighted by Gasteiger charge is -2.37. The van der Waals surface area contributed by atoms with Gasteiger partial charge in [0, 0.05) is 48.8 Å². The highest BCUT2D eigenvalue weighted by Crippen LogP contribution is 2.22. The predicted molar refractivity (Wildman–Crippen MR) is 108 cm³/mol. The normalized spacial score (nSPS) is 21.3. The van der Waals surface area contributed by atoms with Crippen molar-refractivity contribution in [3.05, 3.63) is 46.4 Å². The smallest absolute Gasteiger partial charge is 0.253 e. The second kappa shape index (κ2) is 8.04. The Balaban J connectivity index is 0.00000182. The van der Waals surface area contributed by atoms with E-state index in [9.17, 15) is 4.79 Å². The van der Waals surface area contributed by atoms with Gasteiger partial charge < -0.3 is 10.2 Å². The largest absolute Gasteiger partial charge is 0.336 e. The van der Waals surface area contributed by atoms with Crippen molar-refractivity contribution in [1.29, 1.82) is 0 Å². The van der Waals surface area contributed by atoms with Crippen molar-refractivity contribution in [2.75, 3.05) is 39.3 Å². The monoisotopic (exact) mass is 423 g/mol. The van der Waals surface area contributed by atoms with Gasteiger partial charge in [0.05, 0.1) is 0 Å². The maximum Gasteiger partial charge on any atom is 0.253 e. The van der Waals surface area contributed by atoms with E-state index in [0.29, 0.717) is 6.04 Å². The van der Waals surface area contributed by atoms with Crippen LogP contribution >= 0.6 is 28.3 Å². The third-order valence-corrected chi connectivity index (χ3v) is 5.69. The van der Waals surface area contributed by atoms with Crippen LogP contribution < -0.4 is 5.32 Å². The molecule has 0 aliphatic carbocycles. The minimum absolute atomic E-state index is 0. The molecule has 2 aromatic carbocycles. The molecule has 0 radical (unpaired) electrons. The molecule has 2 fully saturated rings. The van der Waals surface area contributed by atoms with Crippen molar-refractivity contribution in [3.8, 4) is 0 Å². The summed E-state index contributed by atoms with van der Waals surface area (Å²) in [6, 6.07) is 12.8. The minimum Gasteiger partial charge on any atom is -0.336 e. The van der Waals surface area contributed by atoms with Crippen molar-refractivity contribution in [3.63, 3.8) is 0 Å². The van der Waals surface area contributed by atoms with Crippen LogP contribution in [0.1, 0.15) is 16.8 Å². The topological polar surface area (TPSA) is 35.6 Å². The second-order valence-electron chi connectivity index (χ2n) is 6.68. The lowest BCUT2D eigenvalue weighted by Crippen LogP contribution is -2.52. The van der Waals surface area contributed by atoms with Crippen LogP contribution in [-0.2, 0) is 0 Å². The highest BCUT2D eigenvalue weighted by molar-refractivity contribution is 9.10. The molecule has 1 amide bonds. The summed E-state index contributed by atoms with van der Waals surface area (Å²) in [5.74, 6) is 0.156.